The van der Waals surface area contributed by atoms with Crippen molar-refractivity contribution in [1.82, 2.24) is 20.2 Å². The van der Waals surface area contributed by atoms with Crippen LogP contribution in [0.1, 0.15) is 38.7 Å². The molecule has 1 heterocycles. The Labute approximate surface area is 174 Å². The maximum absolute atomic E-state index is 12.8. The second-order valence-electron chi connectivity index (χ2n) is 6.72. The molecule has 8 heteroatoms. The molecule has 1 N–H and O–H groups in total. The molecule has 152 valence electrons. The van der Waals surface area contributed by atoms with E-state index in [0.29, 0.717) is 11.1 Å². The van der Waals surface area contributed by atoms with Crippen LogP contribution in [0.2, 0.25) is 0 Å². The number of hydrogen-bond acceptors (Lipinski definition) is 6. The van der Waals surface area contributed by atoms with Gasteiger partial charge in [-0.05, 0) is 65.6 Å². The van der Waals surface area contributed by atoms with Crippen molar-refractivity contribution in [2.24, 2.45) is 0 Å². The molecule has 0 radical (unpaired) electrons. The molecule has 0 saturated carbocycles. The van der Waals surface area contributed by atoms with Gasteiger partial charge in [0.2, 0.25) is 11.1 Å². The number of nitrogens with zero attached hydrogens (tertiary/aromatic N) is 4. The van der Waals surface area contributed by atoms with Crippen LogP contribution in [-0.4, -0.2) is 38.5 Å². The van der Waals surface area contributed by atoms with E-state index in [4.69, 9.17) is 4.74 Å². The van der Waals surface area contributed by atoms with E-state index >= 15 is 0 Å². The van der Waals surface area contributed by atoms with Gasteiger partial charge in [0.1, 0.15) is 5.75 Å². The number of benzene rings is 2. The zero-order valence-corrected chi connectivity index (χ0v) is 17.8. The number of thioether (sulfide) groups is 1. The first kappa shape index (κ1) is 20.9. The van der Waals surface area contributed by atoms with Gasteiger partial charge >= 0.3 is 0 Å². The summed E-state index contributed by atoms with van der Waals surface area (Å²) in [5.74, 6) is 1.04. The molecule has 0 aliphatic heterocycles. The zero-order valence-electron chi connectivity index (χ0n) is 17.0. The van der Waals surface area contributed by atoms with Crippen LogP contribution >= 0.6 is 11.8 Å². The van der Waals surface area contributed by atoms with Crippen molar-refractivity contribution >= 4 is 23.4 Å². The first-order chi connectivity index (χ1) is 14.0. The summed E-state index contributed by atoms with van der Waals surface area (Å²) in [5, 5.41) is 15.1. The highest BCUT2D eigenvalue weighted by molar-refractivity contribution is 8.00. The molecule has 0 aliphatic carbocycles. The van der Waals surface area contributed by atoms with Crippen LogP contribution in [0, 0.1) is 0 Å². The van der Waals surface area contributed by atoms with Crippen LogP contribution in [0.3, 0.4) is 0 Å². The highest BCUT2D eigenvalue weighted by Crippen LogP contribution is 2.28. The van der Waals surface area contributed by atoms with E-state index in [1.807, 2.05) is 49.4 Å². The lowest BCUT2D eigenvalue weighted by Gasteiger charge is -2.17. The quantitative estimate of drug-likeness (QED) is 0.557. The Bertz CT molecular complexity index is 958. The van der Waals surface area contributed by atoms with E-state index in [1.54, 1.807) is 11.8 Å². The number of aromatic nitrogens is 4. The fraction of sp³-hybridized carbons (Fsp3) is 0.333. The predicted octanol–water partition coefficient (Wildman–Crippen LogP) is 4.30. The molecule has 1 aromatic heterocycles. The Hall–Kier alpha value is -2.87. The van der Waals surface area contributed by atoms with Crippen LogP contribution in [0.4, 0.5) is 5.69 Å². The summed E-state index contributed by atoms with van der Waals surface area (Å²) in [4.78, 5) is 12.8. The van der Waals surface area contributed by atoms with Crippen LogP contribution in [0.25, 0.3) is 5.69 Å². The van der Waals surface area contributed by atoms with Crippen LogP contribution in [-0.2, 0) is 4.79 Å². The zero-order chi connectivity index (χ0) is 20.8. The van der Waals surface area contributed by atoms with Gasteiger partial charge in [0, 0.05) is 5.69 Å². The molecule has 0 unspecified atom stereocenters. The standard InChI is InChI=1S/C21H25N5O2S/c1-5-14(2)18-8-6-7-9-19(18)22-20(27)15(3)29-21-23-24-25-26(21)16-10-12-17(28-4)13-11-16/h6-15H,5H2,1-4H3,(H,22,27)/t14-,15-/m0/s1. The number of rotatable bonds is 8. The second kappa shape index (κ2) is 9.56. The Morgan fingerprint density at radius 2 is 1.90 bits per heavy atom. The van der Waals surface area contributed by atoms with Gasteiger partial charge in [0.15, 0.2) is 0 Å². The molecule has 0 spiro atoms. The number of hydrogen-bond donors (Lipinski definition) is 1. The number of anilines is 1. The lowest BCUT2D eigenvalue weighted by atomic mass is 9.97. The largest absolute Gasteiger partial charge is 0.497 e. The van der Waals surface area contributed by atoms with E-state index in [-0.39, 0.29) is 11.2 Å². The van der Waals surface area contributed by atoms with E-state index in [9.17, 15) is 4.79 Å². The van der Waals surface area contributed by atoms with Gasteiger partial charge in [0.25, 0.3) is 0 Å². The molecular weight excluding hydrogens is 386 g/mol. The van der Waals surface area contributed by atoms with Crippen molar-refractivity contribution in [2.45, 2.75) is 43.5 Å². The molecule has 0 fully saturated rings. The predicted molar refractivity (Wildman–Crippen MR) is 115 cm³/mol. The Kier molecular flexibility index (Phi) is 6.87. The van der Waals surface area contributed by atoms with Crippen molar-refractivity contribution < 1.29 is 9.53 Å². The highest BCUT2D eigenvalue weighted by Gasteiger charge is 2.21. The summed E-state index contributed by atoms with van der Waals surface area (Å²) in [6, 6.07) is 15.4. The van der Waals surface area contributed by atoms with E-state index in [1.165, 1.54) is 11.8 Å². The summed E-state index contributed by atoms with van der Waals surface area (Å²) in [7, 11) is 1.62. The maximum atomic E-state index is 12.8. The van der Waals surface area contributed by atoms with Gasteiger partial charge in [-0.25, -0.2) is 0 Å². The SMILES string of the molecule is CC[C@H](C)c1ccccc1NC(=O)[C@H](C)Sc1nnnn1-c1ccc(OC)cc1. The minimum Gasteiger partial charge on any atom is -0.497 e. The number of amides is 1. The molecule has 0 saturated heterocycles. The molecule has 0 aliphatic rings. The molecule has 1 amide bonds. The molecule has 2 aromatic carbocycles. The monoisotopic (exact) mass is 411 g/mol. The Morgan fingerprint density at radius 1 is 1.17 bits per heavy atom. The summed E-state index contributed by atoms with van der Waals surface area (Å²) >= 11 is 1.31. The third-order valence-corrected chi connectivity index (χ3v) is 5.80. The number of carbonyl (C=O) groups is 1. The van der Waals surface area contributed by atoms with Gasteiger partial charge in [-0.1, -0.05) is 43.8 Å². The van der Waals surface area contributed by atoms with Crippen molar-refractivity contribution in [3.8, 4) is 11.4 Å². The van der Waals surface area contributed by atoms with Gasteiger partial charge in [-0.3, -0.25) is 4.79 Å². The van der Waals surface area contributed by atoms with E-state index in [2.05, 4.69) is 40.8 Å². The summed E-state index contributed by atoms with van der Waals surface area (Å²) < 4.78 is 6.80. The fourth-order valence-corrected chi connectivity index (χ4v) is 3.65. The molecular formula is C21H25N5O2S. The third-order valence-electron chi connectivity index (χ3n) is 4.77. The summed E-state index contributed by atoms with van der Waals surface area (Å²) in [6.07, 6.45) is 1.01. The molecule has 3 aromatic rings. The number of para-hydroxylation sites is 1. The number of nitrogens with one attached hydrogen (secondary N) is 1. The normalized spacial score (nSPS) is 13.0. The Balaban J connectivity index is 1.72. The van der Waals surface area contributed by atoms with Crippen LogP contribution in [0.15, 0.2) is 53.7 Å². The van der Waals surface area contributed by atoms with Gasteiger partial charge in [0.05, 0.1) is 18.0 Å². The highest BCUT2D eigenvalue weighted by atomic mass is 32.2. The minimum atomic E-state index is -0.372. The lowest BCUT2D eigenvalue weighted by Crippen LogP contribution is -2.23. The van der Waals surface area contributed by atoms with Gasteiger partial charge in [-0.15, -0.1) is 5.10 Å². The van der Waals surface area contributed by atoms with Crippen molar-refractivity contribution in [3.63, 3.8) is 0 Å². The van der Waals surface area contributed by atoms with E-state index < -0.39 is 0 Å². The van der Waals surface area contributed by atoms with Crippen LogP contribution in [0.5, 0.6) is 5.75 Å². The second-order valence-corrected chi connectivity index (χ2v) is 8.03. The first-order valence-electron chi connectivity index (χ1n) is 9.52. The number of ether oxygens (including phenoxy) is 1. The average molecular weight is 412 g/mol. The molecule has 7 nitrogen and oxygen atoms in total. The summed E-state index contributed by atoms with van der Waals surface area (Å²) in [6.45, 7) is 6.14. The Morgan fingerprint density at radius 3 is 2.59 bits per heavy atom. The number of carbonyl (C=O) groups excluding carboxylic acids is 1. The molecule has 29 heavy (non-hydrogen) atoms. The van der Waals surface area contributed by atoms with Crippen molar-refractivity contribution in [1.29, 1.82) is 0 Å². The summed E-state index contributed by atoms with van der Waals surface area (Å²) in [5.41, 5.74) is 2.80. The van der Waals surface area contributed by atoms with Crippen LogP contribution < -0.4 is 10.1 Å². The maximum Gasteiger partial charge on any atom is 0.237 e. The van der Waals surface area contributed by atoms with Crippen molar-refractivity contribution in [3.05, 3.63) is 54.1 Å². The molecule has 3 rings (SSSR count). The van der Waals surface area contributed by atoms with Crippen molar-refractivity contribution in [2.75, 3.05) is 12.4 Å². The third kappa shape index (κ3) is 4.95. The first-order valence-corrected chi connectivity index (χ1v) is 10.4. The number of methoxy groups -OCH3 is 1. The molecule has 2 atom stereocenters. The van der Waals surface area contributed by atoms with E-state index in [0.717, 1.165) is 29.1 Å². The minimum absolute atomic E-state index is 0.0879. The smallest absolute Gasteiger partial charge is 0.237 e. The van der Waals surface area contributed by atoms with Gasteiger partial charge in [-0.2, -0.15) is 4.68 Å². The van der Waals surface area contributed by atoms with Gasteiger partial charge < -0.3 is 10.1 Å². The number of tetrazole rings is 1. The lowest BCUT2D eigenvalue weighted by molar-refractivity contribution is -0.115. The average Bonchev–Trinajstić information content (AvgIpc) is 3.21. The topological polar surface area (TPSA) is 81.9 Å². The fourth-order valence-electron chi connectivity index (χ4n) is 2.84. The molecule has 0 bridgehead atoms.